The van der Waals surface area contributed by atoms with Crippen LogP contribution in [0.5, 0.6) is 0 Å². The summed E-state index contributed by atoms with van der Waals surface area (Å²) < 4.78 is 0. The van der Waals surface area contributed by atoms with Gasteiger partial charge in [0.1, 0.15) is 0 Å². The van der Waals surface area contributed by atoms with Gasteiger partial charge in [-0.3, -0.25) is 14.9 Å². The Morgan fingerprint density at radius 2 is 2.31 bits per heavy atom. The molecule has 7 heteroatoms. The lowest BCUT2D eigenvalue weighted by Gasteiger charge is -2.38. The van der Waals surface area contributed by atoms with E-state index in [2.05, 4.69) is 29.8 Å². The number of pyridine rings is 1. The first-order chi connectivity index (χ1) is 14.0. The van der Waals surface area contributed by atoms with Gasteiger partial charge in [-0.25, -0.2) is 5.84 Å². The molecule has 6 nitrogen and oxygen atoms in total. The summed E-state index contributed by atoms with van der Waals surface area (Å²) in [6.45, 7) is 6.41. The molecule has 158 valence electrons. The van der Waals surface area contributed by atoms with Crippen LogP contribution in [0.3, 0.4) is 0 Å². The number of piperidine rings is 1. The van der Waals surface area contributed by atoms with Gasteiger partial charge in [0.2, 0.25) is 0 Å². The fraction of sp³-hybridized carbons (Fsp3) is 0.500. The van der Waals surface area contributed by atoms with Gasteiger partial charge in [0.25, 0.3) is 0 Å². The van der Waals surface area contributed by atoms with Crippen LogP contribution in [0, 0.1) is 0 Å². The topological polar surface area (TPSA) is 91.6 Å². The van der Waals surface area contributed by atoms with Crippen molar-refractivity contribution < 1.29 is 5.11 Å². The van der Waals surface area contributed by atoms with E-state index in [9.17, 15) is 5.11 Å². The maximum Gasteiger partial charge on any atom is 0.0752 e. The number of rotatable bonds is 8. The molecule has 0 bridgehead atoms. The molecule has 0 radical (unpaired) electrons. The lowest BCUT2D eigenvalue weighted by Crippen LogP contribution is -2.42. The molecule has 2 aromatic heterocycles. The molecule has 0 aliphatic carbocycles. The van der Waals surface area contributed by atoms with Crippen LogP contribution in [0.25, 0.3) is 0 Å². The second-order valence-electron chi connectivity index (χ2n) is 7.78. The van der Waals surface area contributed by atoms with Crippen molar-refractivity contribution in [2.24, 2.45) is 11.6 Å². The van der Waals surface area contributed by atoms with Crippen molar-refractivity contribution in [3.63, 3.8) is 0 Å². The quantitative estimate of drug-likeness (QED) is 0.453. The molecule has 1 saturated heterocycles. The average Bonchev–Trinajstić information content (AvgIpc) is 3.13. The van der Waals surface area contributed by atoms with Gasteiger partial charge >= 0.3 is 0 Å². The molecule has 0 aromatic carbocycles. The third-order valence-corrected chi connectivity index (χ3v) is 7.02. The second-order valence-corrected chi connectivity index (χ2v) is 9.00. The molecule has 0 amide bonds. The van der Waals surface area contributed by atoms with Crippen LogP contribution in [-0.2, 0) is 12.8 Å². The molecule has 2 atom stereocenters. The minimum atomic E-state index is 0.221. The molecule has 2 aromatic rings. The van der Waals surface area contributed by atoms with E-state index < -0.39 is 0 Å². The number of hydrogen-bond acceptors (Lipinski definition) is 7. The molecule has 0 spiro atoms. The molecule has 1 aliphatic heterocycles. The molecular weight excluding hydrogens is 382 g/mol. The summed E-state index contributed by atoms with van der Waals surface area (Å²) >= 11 is 1.87. The Labute approximate surface area is 177 Å². The van der Waals surface area contributed by atoms with Crippen LogP contribution in [0.4, 0.5) is 5.69 Å². The number of likely N-dealkylation sites (tertiary alicyclic amines) is 1. The van der Waals surface area contributed by atoms with Gasteiger partial charge in [-0.05, 0) is 62.4 Å². The van der Waals surface area contributed by atoms with E-state index in [1.807, 2.05) is 23.5 Å². The molecular formula is C22H33N5OS. The molecule has 0 saturated carbocycles. The van der Waals surface area contributed by atoms with E-state index in [0.29, 0.717) is 18.5 Å². The van der Waals surface area contributed by atoms with Crippen molar-refractivity contribution in [3.8, 4) is 0 Å². The summed E-state index contributed by atoms with van der Waals surface area (Å²) in [6.07, 6.45) is 9.27. The van der Waals surface area contributed by atoms with Gasteiger partial charge in [-0.2, -0.15) is 0 Å². The number of hydrazine groups is 1. The number of anilines is 1. The number of aliphatic hydroxyl groups excluding tert-OH is 1. The van der Waals surface area contributed by atoms with Crippen molar-refractivity contribution >= 4 is 17.0 Å². The maximum absolute atomic E-state index is 9.43. The van der Waals surface area contributed by atoms with E-state index in [1.165, 1.54) is 20.3 Å². The molecule has 1 fully saturated rings. The lowest BCUT2D eigenvalue weighted by atomic mass is 9.85. The summed E-state index contributed by atoms with van der Waals surface area (Å²) in [7, 11) is 0. The normalized spacial score (nSPS) is 20.8. The minimum Gasteiger partial charge on any atom is -0.400 e. The van der Waals surface area contributed by atoms with Crippen molar-refractivity contribution in [2.45, 2.75) is 51.5 Å². The molecule has 3 rings (SSSR count). The fourth-order valence-electron chi connectivity index (χ4n) is 4.09. The highest BCUT2D eigenvalue weighted by Crippen LogP contribution is 2.37. The van der Waals surface area contributed by atoms with E-state index >= 15 is 0 Å². The Bertz CT molecular complexity index is 807. The van der Waals surface area contributed by atoms with Gasteiger partial charge in [0.15, 0.2) is 0 Å². The van der Waals surface area contributed by atoms with Gasteiger partial charge in [0.05, 0.1) is 11.9 Å². The Hall–Kier alpha value is -1.93. The smallest absolute Gasteiger partial charge is 0.0752 e. The van der Waals surface area contributed by atoms with Gasteiger partial charge in [-0.15, -0.1) is 11.3 Å². The standard InChI is InChI=1S/C22H33N5OS/c1-3-20-12-21(22(29-20)7-10-28)17-6-9-26(16(2)11-17)14-18(23)15-27(24)19-5-4-8-25-13-19/h4-5,8,12-13,15-17,28H,3,6-7,9-11,14,23-24H2,1-2H3/b18-15-. The monoisotopic (exact) mass is 415 g/mol. The summed E-state index contributed by atoms with van der Waals surface area (Å²) in [4.78, 5) is 9.30. The number of aromatic nitrogens is 1. The average molecular weight is 416 g/mol. The zero-order valence-corrected chi connectivity index (χ0v) is 18.2. The highest BCUT2D eigenvalue weighted by Gasteiger charge is 2.28. The van der Waals surface area contributed by atoms with Crippen LogP contribution in [-0.4, -0.2) is 40.7 Å². The summed E-state index contributed by atoms with van der Waals surface area (Å²) in [5, 5.41) is 11.0. The number of thiophene rings is 1. The van der Waals surface area contributed by atoms with Crippen LogP contribution in [0.15, 0.2) is 42.5 Å². The first kappa shape index (κ1) is 21.8. The minimum absolute atomic E-state index is 0.221. The number of aliphatic hydroxyl groups is 1. The predicted octanol–water partition coefficient (Wildman–Crippen LogP) is 2.99. The van der Waals surface area contributed by atoms with Gasteiger partial charge < -0.3 is 10.8 Å². The summed E-state index contributed by atoms with van der Waals surface area (Å²) in [5.41, 5.74) is 9.30. The lowest BCUT2D eigenvalue weighted by molar-refractivity contribution is 0.158. The predicted molar refractivity (Wildman–Crippen MR) is 121 cm³/mol. The van der Waals surface area contributed by atoms with Crippen molar-refractivity contribution in [2.75, 3.05) is 24.7 Å². The Balaban J connectivity index is 1.62. The van der Waals surface area contributed by atoms with Crippen LogP contribution >= 0.6 is 11.3 Å². The highest BCUT2D eigenvalue weighted by atomic mass is 32.1. The molecule has 3 heterocycles. The molecule has 5 N–H and O–H groups in total. The van der Waals surface area contributed by atoms with E-state index in [1.54, 1.807) is 18.6 Å². The zero-order valence-electron chi connectivity index (χ0n) is 17.4. The zero-order chi connectivity index (χ0) is 20.8. The number of nitrogens with zero attached hydrogens (tertiary/aromatic N) is 3. The van der Waals surface area contributed by atoms with Crippen molar-refractivity contribution in [1.29, 1.82) is 0 Å². The largest absolute Gasteiger partial charge is 0.400 e. The van der Waals surface area contributed by atoms with Crippen molar-refractivity contribution in [3.05, 3.63) is 57.8 Å². The number of nitrogens with two attached hydrogens (primary N) is 2. The first-order valence-corrected chi connectivity index (χ1v) is 11.2. The SMILES string of the molecule is CCc1cc(C2CCN(C/C(N)=C/N(N)c3cccnc3)C(C)C2)c(CCO)s1. The third-order valence-electron chi connectivity index (χ3n) is 5.67. The Morgan fingerprint density at radius 1 is 1.48 bits per heavy atom. The fourth-order valence-corrected chi connectivity index (χ4v) is 5.27. The third kappa shape index (κ3) is 5.57. The second kappa shape index (κ2) is 10.2. The molecule has 1 aliphatic rings. The van der Waals surface area contributed by atoms with Crippen molar-refractivity contribution in [1.82, 2.24) is 9.88 Å². The van der Waals surface area contributed by atoms with Gasteiger partial charge in [-0.1, -0.05) is 6.92 Å². The summed E-state index contributed by atoms with van der Waals surface area (Å²) in [5.74, 6) is 6.65. The van der Waals surface area contributed by atoms with Crippen LogP contribution < -0.4 is 16.6 Å². The van der Waals surface area contributed by atoms with Gasteiger partial charge in [0, 0.05) is 53.5 Å². The number of aryl methyl sites for hydroxylation is 1. The van der Waals surface area contributed by atoms with Crippen LogP contribution in [0.1, 0.15) is 47.9 Å². The van der Waals surface area contributed by atoms with Crippen LogP contribution in [0.2, 0.25) is 0 Å². The Morgan fingerprint density at radius 3 is 2.97 bits per heavy atom. The Kier molecular flexibility index (Phi) is 7.66. The highest BCUT2D eigenvalue weighted by molar-refractivity contribution is 7.12. The molecule has 2 unspecified atom stereocenters. The number of hydrogen-bond donors (Lipinski definition) is 3. The summed E-state index contributed by atoms with van der Waals surface area (Å²) in [6, 6.07) is 6.57. The molecule has 29 heavy (non-hydrogen) atoms. The van der Waals surface area contributed by atoms with E-state index in [-0.39, 0.29) is 6.61 Å². The maximum atomic E-state index is 9.43. The van der Waals surface area contributed by atoms with E-state index in [4.69, 9.17) is 11.6 Å². The first-order valence-electron chi connectivity index (χ1n) is 10.4. The van der Waals surface area contributed by atoms with E-state index in [0.717, 1.165) is 43.6 Å².